The number of rotatable bonds is 4. The minimum absolute atomic E-state index is 0.0278. The van der Waals surface area contributed by atoms with E-state index in [1.807, 2.05) is 26.0 Å². The van der Waals surface area contributed by atoms with E-state index in [9.17, 15) is 4.39 Å². The van der Waals surface area contributed by atoms with Crippen molar-refractivity contribution in [3.8, 4) is 0 Å². The minimum Gasteiger partial charge on any atom is -0.353 e. The summed E-state index contributed by atoms with van der Waals surface area (Å²) in [7, 11) is 0. The van der Waals surface area contributed by atoms with Crippen molar-refractivity contribution in [2.24, 2.45) is 5.10 Å². The lowest BCUT2D eigenvalue weighted by Gasteiger charge is -2.15. The van der Waals surface area contributed by atoms with Crippen LogP contribution in [-0.2, 0) is 0 Å². The summed E-state index contributed by atoms with van der Waals surface area (Å²) in [4.78, 5) is 0. The van der Waals surface area contributed by atoms with Crippen LogP contribution < -0.4 is 10.7 Å². The Hall–Kier alpha value is -2.59. The van der Waals surface area contributed by atoms with Crippen LogP contribution in [-0.4, -0.2) is 5.71 Å². The molecule has 1 unspecified atom stereocenters. The van der Waals surface area contributed by atoms with Gasteiger partial charge in [-0.05, 0) is 36.2 Å². The maximum absolute atomic E-state index is 13.1. The SMILES string of the molecule is C=C1Nc2c(C)ccc(Cl)c2/C1=N/NC(=C)C(C)c1ccc(F)cc1. The molecule has 1 aliphatic rings. The first-order valence-electron chi connectivity index (χ1n) is 7.92. The quantitative estimate of drug-likeness (QED) is 0.726. The number of allylic oxidation sites excluding steroid dienone is 2. The summed E-state index contributed by atoms with van der Waals surface area (Å²) >= 11 is 6.34. The highest BCUT2D eigenvalue weighted by molar-refractivity contribution is 6.38. The Morgan fingerprint density at radius 2 is 1.92 bits per heavy atom. The van der Waals surface area contributed by atoms with Crippen LogP contribution in [0.5, 0.6) is 0 Å². The third-order valence-electron chi connectivity index (χ3n) is 4.37. The Balaban J connectivity index is 1.83. The van der Waals surface area contributed by atoms with Gasteiger partial charge in [-0.3, -0.25) is 5.43 Å². The second-order valence-corrected chi connectivity index (χ2v) is 6.50. The summed E-state index contributed by atoms with van der Waals surface area (Å²) in [6.45, 7) is 12.0. The largest absolute Gasteiger partial charge is 0.353 e. The van der Waals surface area contributed by atoms with Crippen LogP contribution in [0.1, 0.15) is 29.5 Å². The number of anilines is 1. The number of aryl methyl sites for hydroxylation is 1. The van der Waals surface area contributed by atoms with Crippen molar-refractivity contribution in [1.82, 2.24) is 5.43 Å². The summed E-state index contributed by atoms with van der Waals surface area (Å²) in [6.07, 6.45) is 0. The Morgan fingerprint density at radius 3 is 2.60 bits per heavy atom. The molecular formula is C20H19ClFN3. The highest BCUT2D eigenvalue weighted by Gasteiger charge is 2.26. The lowest BCUT2D eigenvalue weighted by atomic mass is 9.99. The van der Waals surface area contributed by atoms with Gasteiger partial charge in [-0.2, -0.15) is 5.10 Å². The minimum atomic E-state index is -0.260. The van der Waals surface area contributed by atoms with Gasteiger partial charge in [0.15, 0.2) is 0 Å². The number of fused-ring (bicyclic) bond motifs is 1. The van der Waals surface area contributed by atoms with Gasteiger partial charge in [0.05, 0.1) is 16.4 Å². The summed E-state index contributed by atoms with van der Waals surface area (Å²) in [6, 6.07) is 10.2. The van der Waals surface area contributed by atoms with E-state index in [1.165, 1.54) is 12.1 Å². The van der Waals surface area contributed by atoms with Crippen molar-refractivity contribution >= 4 is 23.0 Å². The molecule has 0 radical (unpaired) electrons. The average molecular weight is 356 g/mol. The topological polar surface area (TPSA) is 36.4 Å². The molecule has 0 saturated heterocycles. The molecule has 5 heteroatoms. The summed E-state index contributed by atoms with van der Waals surface area (Å²) in [5.41, 5.74) is 8.83. The zero-order valence-corrected chi connectivity index (χ0v) is 14.9. The molecule has 1 heterocycles. The van der Waals surface area contributed by atoms with E-state index in [0.717, 1.165) is 22.4 Å². The second kappa shape index (κ2) is 6.73. The maximum Gasteiger partial charge on any atom is 0.123 e. The fourth-order valence-corrected chi connectivity index (χ4v) is 2.98. The molecular weight excluding hydrogens is 337 g/mol. The summed E-state index contributed by atoms with van der Waals surface area (Å²) in [5.74, 6) is -0.287. The lowest BCUT2D eigenvalue weighted by molar-refractivity contribution is 0.626. The molecule has 1 atom stereocenters. The first kappa shape index (κ1) is 17.2. The van der Waals surface area contributed by atoms with Gasteiger partial charge < -0.3 is 5.32 Å². The molecule has 0 saturated carbocycles. The smallest absolute Gasteiger partial charge is 0.123 e. The molecule has 2 N–H and O–H groups in total. The second-order valence-electron chi connectivity index (χ2n) is 6.09. The van der Waals surface area contributed by atoms with E-state index in [1.54, 1.807) is 12.1 Å². The molecule has 25 heavy (non-hydrogen) atoms. The molecule has 0 fully saturated rings. The van der Waals surface area contributed by atoms with E-state index in [2.05, 4.69) is 29.0 Å². The molecule has 3 nitrogen and oxygen atoms in total. The van der Waals surface area contributed by atoms with Gasteiger partial charge in [0.1, 0.15) is 11.5 Å². The molecule has 0 amide bonds. The van der Waals surface area contributed by atoms with Gasteiger partial charge >= 0.3 is 0 Å². The fourth-order valence-electron chi connectivity index (χ4n) is 2.74. The summed E-state index contributed by atoms with van der Waals surface area (Å²) in [5, 5.41) is 8.30. The van der Waals surface area contributed by atoms with Crippen LogP contribution in [0.25, 0.3) is 0 Å². The van der Waals surface area contributed by atoms with Gasteiger partial charge in [0, 0.05) is 17.2 Å². The first-order valence-corrected chi connectivity index (χ1v) is 8.30. The van der Waals surface area contributed by atoms with Crippen molar-refractivity contribution in [3.63, 3.8) is 0 Å². The van der Waals surface area contributed by atoms with E-state index in [0.29, 0.717) is 22.1 Å². The van der Waals surface area contributed by atoms with Crippen molar-refractivity contribution < 1.29 is 4.39 Å². The number of hydrogen-bond acceptors (Lipinski definition) is 3. The molecule has 1 aliphatic heterocycles. The molecule has 3 rings (SSSR count). The highest BCUT2D eigenvalue weighted by Crippen LogP contribution is 2.36. The Kier molecular flexibility index (Phi) is 4.64. The molecule has 0 bridgehead atoms. The Labute approximate surface area is 151 Å². The van der Waals surface area contributed by atoms with Crippen LogP contribution in [0.2, 0.25) is 5.02 Å². The molecule has 0 aromatic heterocycles. The zero-order valence-electron chi connectivity index (χ0n) is 14.2. The van der Waals surface area contributed by atoms with Crippen molar-refractivity contribution in [3.05, 3.63) is 88.5 Å². The molecule has 2 aromatic carbocycles. The van der Waals surface area contributed by atoms with Crippen molar-refractivity contribution in [2.45, 2.75) is 19.8 Å². The molecule has 0 aliphatic carbocycles. The number of nitrogens with zero attached hydrogens (tertiary/aromatic N) is 1. The predicted molar refractivity (Wildman–Crippen MR) is 103 cm³/mol. The van der Waals surface area contributed by atoms with Gasteiger partial charge in [-0.15, -0.1) is 0 Å². The zero-order chi connectivity index (χ0) is 18.1. The molecule has 2 aromatic rings. The third-order valence-corrected chi connectivity index (χ3v) is 4.68. The van der Waals surface area contributed by atoms with Gasteiger partial charge in [0.2, 0.25) is 0 Å². The Morgan fingerprint density at radius 1 is 1.24 bits per heavy atom. The highest BCUT2D eigenvalue weighted by atomic mass is 35.5. The fraction of sp³-hybridized carbons (Fsp3) is 0.150. The van der Waals surface area contributed by atoms with Crippen LogP contribution >= 0.6 is 11.6 Å². The van der Waals surface area contributed by atoms with Crippen LogP contribution in [0, 0.1) is 12.7 Å². The van der Waals surface area contributed by atoms with Gasteiger partial charge in [-0.25, -0.2) is 4.39 Å². The number of hydrogen-bond donors (Lipinski definition) is 2. The molecule has 0 spiro atoms. The van der Waals surface area contributed by atoms with E-state index in [-0.39, 0.29) is 11.7 Å². The first-order chi connectivity index (χ1) is 11.9. The van der Waals surface area contributed by atoms with Crippen LogP contribution in [0.15, 0.2) is 66.1 Å². The average Bonchev–Trinajstić information content (AvgIpc) is 2.94. The van der Waals surface area contributed by atoms with Gasteiger partial charge in [0.25, 0.3) is 0 Å². The number of halogens is 2. The maximum atomic E-state index is 13.1. The number of hydrazone groups is 1. The van der Waals surface area contributed by atoms with E-state index in [4.69, 9.17) is 11.6 Å². The van der Waals surface area contributed by atoms with E-state index >= 15 is 0 Å². The normalized spacial score (nSPS) is 15.7. The van der Waals surface area contributed by atoms with Gasteiger partial charge in [-0.1, -0.05) is 49.9 Å². The van der Waals surface area contributed by atoms with Crippen LogP contribution in [0.3, 0.4) is 0 Å². The van der Waals surface area contributed by atoms with E-state index < -0.39 is 0 Å². The lowest BCUT2D eigenvalue weighted by Crippen LogP contribution is -2.15. The third kappa shape index (κ3) is 3.30. The standard InChI is InChI=1S/C20H19ClFN3/c1-11-5-10-17(21)18-19(11)23-14(4)20(18)25-24-13(3)12(2)15-6-8-16(22)9-7-15/h5-10,12,23-24H,3-4H2,1-2H3/b25-20+. The number of benzene rings is 2. The van der Waals surface area contributed by atoms with Crippen molar-refractivity contribution in [1.29, 1.82) is 0 Å². The Bertz CT molecular complexity index is 885. The summed E-state index contributed by atoms with van der Waals surface area (Å²) < 4.78 is 13.1. The van der Waals surface area contributed by atoms with Crippen LogP contribution in [0.4, 0.5) is 10.1 Å². The molecule has 128 valence electrons. The van der Waals surface area contributed by atoms with Crippen molar-refractivity contribution in [2.75, 3.05) is 5.32 Å². The number of nitrogens with one attached hydrogen (secondary N) is 2. The monoisotopic (exact) mass is 355 g/mol. The predicted octanol–water partition coefficient (Wildman–Crippen LogP) is 5.34.